The molecule has 1 unspecified atom stereocenters. The highest BCUT2D eigenvalue weighted by Gasteiger charge is 2.25. The number of benzene rings is 2. The quantitative estimate of drug-likeness (QED) is 0.269. The number of hydrogen-bond donors (Lipinski definition) is 1. The third kappa shape index (κ3) is 6.65. The maximum Gasteiger partial charge on any atom is 0.0995 e. The largest absolute Gasteiger partial charge is 0.337 e. The Balaban J connectivity index is 1.76. The second kappa shape index (κ2) is 12.9. The molecular weight excluding hydrogens is 446 g/mol. The fourth-order valence-electron chi connectivity index (χ4n) is 4.63. The maximum atomic E-state index is 9.72. The number of allylic oxidation sites excluding steroid dienone is 1. The van der Waals surface area contributed by atoms with Gasteiger partial charge in [-0.15, -0.1) is 0 Å². The van der Waals surface area contributed by atoms with Crippen molar-refractivity contribution in [2.75, 3.05) is 12.8 Å². The number of nitrogens with one attached hydrogen (secondary N) is 1. The van der Waals surface area contributed by atoms with Gasteiger partial charge >= 0.3 is 0 Å². The molecule has 2 aromatic rings. The van der Waals surface area contributed by atoms with Gasteiger partial charge in [-0.05, 0) is 91.5 Å². The van der Waals surface area contributed by atoms with Gasteiger partial charge in [0.05, 0.1) is 11.6 Å². The second-order valence-corrected chi connectivity index (χ2v) is 9.54. The summed E-state index contributed by atoms with van der Waals surface area (Å²) in [5, 5.41) is 10.5. The number of hydrogen-bond acceptors (Lipinski definition) is 4. The first kappa shape index (κ1) is 25.4. The van der Waals surface area contributed by atoms with E-state index >= 15 is 0 Å². The van der Waals surface area contributed by atoms with Crippen LogP contribution in [0.25, 0.3) is 0 Å². The van der Waals surface area contributed by atoms with Crippen molar-refractivity contribution in [3.05, 3.63) is 81.0 Å². The number of unbranched alkanes of at least 4 members (excludes halogenated alkanes) is 1. The van der Waals surface area contributed by atoms with E-state index in [0.717, 1.165) is 73.4 Å². The summed E-state index contributed by atoms with van der Waals surface area (Å²) in [7, 11) is 0. The molecule has 0 aliphatic heterocycles. The summed E-state index contributed by atoms with van der Waals surface area (Å²) in [6, 6.07) is 13.5. The molecular formula is C28H34ClN3S. The molecule has 0 bridgehead atoms. The zero-order chi connectivity index (χ0) is 23.6. The van der Waals surface area contributed by atoms with Gasteiger partial charge in [-0.1, -0.05) is 55.1 Å². The van der Waals surface area contributed by atoms with Crippen molar-refractivity contribution in [3.63, 3.8) is 0 Å². The van der Waals surface area contributed by atoms with Crippen LogP contribution >= 0.6 is 23.5 Å². The highest BCUT2D eigenvalue weighted by Crippen LogP contribution is 2.40. The summed E-state index contributed by atoms with van der Waals surface area (Å²) in [6.45, 7) is 5.04. The molecule has 1 aliphatic carbocycles. The van der Waals surface area contributed by atoms with Gasteiger partial charge in [-0.3, -0.25) is 4.99 Å². The number of fused-ring (bicyclic) bond motifs is 1. The predicted molar refractivity (Wildman–Crippen MR) is 143 cm³/mol. The molecule has 0 amide bonds. The van der Waals surface area contributed by atoms with Gasteiger partial charge in [-0.2, -0.15) is 5.26 Å². The maximum absolute atomic E-state index is 9.72. The normalized spacial score (nSPS) is 15.6. The molecule has 0 saturated heterocycles. The van der Waals surface area contributed by atoms with Crippen LogP contribution in [0.5, 0.6) is 0 Å². The topological polar surface area (TPSA) is 48.2 Å². The van der Waals surface area contributed by atoms with Crippen LogP contribution in [0.15, 0.2) is 47.6 Å². The van der Waals surface area contributed by atoms with Crippen LogP contribution in [0.2, 0.25) is 5.02 Å². The van der Waals surface area contributed by atoms with E-state index in [-0.39, 0.29) is 0 Å². The number of rotatable bonds is 11. The van der Waals surface area contributed by atoms with E-state index in [4.69, 9.17) is 11.6 Å². The number of aliphatic imine (C=N–C) groups is 1. The lowest BCUT2D eigenvalue weighted by atomic mass is 9.89. The summed E-state index contributed by atoms with van der Waals surface area (Å²) in [6.07, 6.45) is 13.1. The molecule has 1 aliphatic rings. The third-order valence-electron chi connectivity index (χ3n) is 6.30. The molecule has 2 aromatic carbocycles. The predicted octanol–water partition coefficient (Wildman–Crippen LogP) is 7.41. The van der Waals surface area contributed by atoms with E-state index in [2.05, 4.69) is 66.0 Å². The van der Waals surface area contributed by atoms with E-state index in [1.54, 1.807) is 11.9 Å². The zero-order valence-electron chi connectivity index (χ0n) is 20.0. The Morgan fingerprint density at radius 3 is 2.85 bits per heavy atom. The van der Waals surface area contributed by atoms with Crippen LogP contribution < -0.4 is 4.72 Å². The van der Waals surface area contributed by atoms with Gasteiger partial charge in [0, 0.05) is 35.7 Å². The lowest BCUT2D eigenvalue weighted by molar-refractivity contribution is 0.778. The summed E-state index contributed by atoms with van der Waals surface area (Å²) < 4.78 is 3.14. The Bertz CT molecular complexity index is 1050. The Morgan fingerprint density at radius 1 is 1.27 bits per heavy atom. The first-order chi connectivity index (χ1) is 16.1. The van der Waals surface area contributed by atoms with Crippen LogP contribution in [-0.2, 0) is 19.3 Å². The molecule has 0 fully saturated rings. The minimum atomic E-state index is 0.316. The summed E-state index contributed by atoms with van der Waals surface area (Å²) in [5.74, 6) is 0.316. The molecule has 0 spiro atoms. The van der Waals surface area contributed by atoms with Gasteiger partial charge in [0.2, 0.25) is 0 Å². The minimum Gasteiger partial charge on any atom is -0.337 e. The van der Waals surface area contributed by atoms with E-state index in [1.165, 1.54) is 22.3 Å². The number of nitriles is 1. The lowest BCUT2D eigenvalue weighted by Crippen LogP contribution is -2.02. The Labute approximate surface area is 208 Å². The summed E-state index contributed by atoms with van der Waals surface area (Å²) >= 11 is 8.23. The smallest absolute Gasteiger partial charge is 0.0995 e. The molecule has 5 heteroatoms. The van der Waals surface area contributed by atoms with E-state index in [9.17, 15) is 5.26 Å². The number of aryl methyl sites for hydroxylation is 2. The van der Waals surface area contributed by atoms with Crippen LogP contribution in [0, 0.1) is 11.3 Å². The molecule has 0 radical (unpaired) electrons. The van der Waals surface area contributed by atoms with Gasteiger partial charge in [0.15, 0.2) is 0 Å². The SMILES string of the molecule is CCCCc1c(Cl)cc(C2CCc3cc(CCC(/C=C\NSC)=NCC)ccc32)cc1C#N. The van der Waals surface area contributed by atoms with Crippen LogP contribution in [-0.4, -0.2) is 18.5 Å². The second-order valence-electron chi connectivity index (χ2n) is 8.49. The molecule has 33 heavy (non-hydrogen) atoms. The first-order valence-electron chi connectivity index (χ1n) is 11.9. The van der Waals surface area contributed by atoms with E-state index < -0.39 is 0 Å². The van der Waals surface area contributed by atoms with Crippen molar-refractivity contribution >= 4 is 29.3 Å². The number of nitrogens with zero attached hydrogens (tertiary/aromatic N) is 2. The molecule has 1 N–H and O–H groups in total. The van der Waals surface area contributed by atoms with Crippen molar-refractivity contribution in [1.82, 2.24) is 4.72 Å². The number of halogens is 1. The lowest BCUT2D eigenvalue weighted by Gasteiger charge is -2.16. The fraction of sp³-hybridized carbons (Fsp3) is 0.429. The third-order valence-corrected chi connectivity index (χ3v) is 7.01. The zero-order valence-corrected chi connectivity index (χ0v) is 21.5. The summed E-state index contributed by atoms with van der Waals surface area (Å²) in [4.78, 5) is 4.63. The highest BCUT2D eigenvalue weighted by molar-refractivity contribution is 7.96. The fourth-order valence-corrected chi connectivity index (χ4v) is 5.15. The first-order valence-corrected chi connectivity index (χ1v) is 13.5. The van der Waals surface area contributed by atoms with Crippen molar-refractivity contribution < 1.29 is 0 Å². The van der Waals surface area contributed by atoms with Crippen LogP contribution in [0.1, 0.15) is 78.8 Å². The molecule has 0 aromatic heterocycles. The van der Waals surface area contributed by atoms with E-state index in [1.807, 2.05) is 12.5 Å². The van der Waals surface area contributed by atoms with E-state index in [0.29, 0.717) is 5.92 Å². The van der Waals surface area contributed by atoms with Gasteiger partial charge in [-0.25, -0.2) is 0 Å². The molecule has 3 nitrogen and oxygen atoms in total. The van der Waals surface area contributed by atoms with Crippen LogP contribution in [0.3, 0.4) is 0 Å². The van der Waals surface area contributed by atoms with Crippen molar-refractivity contribution in [2.24, 2.45) is 4.99 Å². The van der Waals surface area contributed by atoms with Crippen molar-refractivity contribution in [3.8, 4) is 6.07 Å². The van der Waals surface area contributed by atoms with Crippen molar-refractivity contribution in [2.45, 2.75) is 64.7 Å². The Morgan fingerprint density at radius 2 is 2.12 bits per heavy atom. The van der Waals surface area contributed by atoms with Crippen molar-refractivity contribution in [1.29, 1.82) is 5.26 Å². The highest BCUT2D eigenvalue weighted by atomic mass is 35.5. The van der Waals surface area contributed by atoms with Gasteiger partial charge < -0.3 is 4.72 Å². The molecule has 174 valence electrons. The molecule has 0 saturated carbocycles. The average molecular weight is 480 g/mol. The van der Waals surface area contributed by atoms with Gasteiger partial charge in [0.1, 0.15) is 0 Å². The minimum absolute atomic E-state index is 0.316. The van der Waals surface area contributed by atoms with Gasteiger partial charge in [0.25, 0.3) is 0 Å². The monoisotopic (exact) mass is 479 g/mol. The Kier molecular flexibility index (Phi) is 9.91. The Hall–Kier alpha value is -2.22. The standard InChI is InChI=1S/C28H34ClN3S/c1-4-6-7-27-23(19-30)17-22(18-28(27)29)26-13-10-21-16-20(9-12-25(21)26)8-11-24(31-5-2)14-15-32-33-3/h9,12,14-18,26,32H,4-8,10-11,13H2,1-3H3/b15-14-,31-24?. The molecule has 3 rings (SSSR count). The molecule has 0 heterocycles. The average Bonchev–Trinajstić information content (AvgIpc) is 3.24. The van der Waals surface area contributed by atoms with Crippen LogP contribution in [0.4, 0.5) is 0 Å². The summed E-state index contributed by atoms with van der Waals surface area (Å²) in [5.41, 5.74) is 8.20. The molecule has 1 atom stereocenters.